The van der Waals surface area contributed by atoms with Crippen LogP contribution in [0.25, 0.3) is 108 Å². The molecule has 0 aromatic heterocycles. The second-order valence-electron chi connectivity index (χ2n) is 21.3. The van der Waals surface area contributed by atoms with Crippen LogP contribution in [0.1, 0.15) is 22.3 Å². The van der Waals surface area contributed by atoms with Gasteiger partial charge >= 0.3 is 0 Å². The van der Waals surface area contributed by atoms with E-state index in [2.05, 4.69) is 280 Å². The van der Waals surface area contributed by atoms with Gasteiger partial charge in [-0.2, -0.15) is 0 Å². The van der Waals surface area contributed by atoms with E-state index < -0.39 is 0 Å². The van der Waals surface area contributed by atoms with Gasteiger partial charge in [-0.1, -0.05) is 180 Å². The van der Waals surface area contributed by atoms with Crippen LogP contribution in [0.3, 0.4) is 0 Å². The zero-order valence-corrected chi connectivity index (χ0v) is 43.0. The van der Waals surface area contributed by atoms with E-state index in [1.807, 2.05) is 0 Å². The topological polar surface area (TPSA) is 6.48 Å². The van der Waals surface area contributed by atoms with Gasteiger partial charge in [0.1, 0.15) is 0 Å². The van der Waals surface area contributed by atoms with Crippen molar-refractivity contribution in [2.45, 2.75) is 27.7 Å². The molecule has 0 radical (unpaired) electrons. The third kappa shape index (κ3) is 7.17. The summed E-state index contributed by atoms with van der Waals surface area (Å²) in [5.41, 5.74) is 11.8. The van der Waals surface area contributed by atoms with Crippen molar-refractivity contribution in [1.82, 2.24) is 0 Å². The Morgan fingerprint density at radius 2 is 0.382 bits per heavy atom. The van der Waals surface area contributed by atoms with Crippen LogP contribution in [-0.2, 0) is 0 Å². The molecule has 0 unspecified atom stereocenters. The molecule has 0 N–H and O–H groups in total. The quantitative estimate of drug-likeness (QED) is 0.121. The molecule has 0 atom stereocenters. The summed E-state index contributed by atoms with van der Waals surface area (Å²) in [6.45, 7) is 8.66. The molecule has 0 saturated carbocycles. The van der Waals surface area contributed by atoms with Crippen LogP contribution in [-0.4, -0.2) is 0 Å². The van der Waals surface area contributed by atoms with E-state index in [1.165, 1.54) is 130 Å². The number of aryl methyl sites for hydroxylation is 4. The van der Waals surface area contributed by atoms with E-state index in [0.29, 0.717) is 0 Å². The Morgan fingerprint density at radius 3 is 0.671 bits per heavy atom. The molecule has 76 heavy (non-hydrogen) atoms. The number of benzene rings is 15. The summed E-state index contributed by atoms with van der Waals surface area (Å²) in [6, 6.07) is 91.8. The van der Waals surface area contributed by atoms with Crippen molar-refractivity contribution in [3.8, 4) is 0 Å². The SMILES string of the molecule is Cc1ccc2cc(N(c3ccc4cc(C)ccc4c3)c3ccc4c(c3)c3ccccc3c3cc5c6ccc(N(c7ccc8cc(C)ccc8c7)c7ccc8cc(C)ccc8c7)cc6c6ccccc6c5cc43)ccc2c1. The van der Waals surface area contributed by atoms with Gasteiger partial charge in [-0.05, 0) is 220 Å². The van der Waals surface area contributed by atoms with Crippen molar-refractivity contribution < 1.29 is 0 Å². The predicted molar refractivity (Wildman–Crippen MR) is 330 cm³/mol. The highest BCUT2D eigenvalue weighted by atomic mass is 15.1. The fourth-order valence-electron chi connectivity index (χ4n) is 12.5. The van der Waals surface area contributed by atoms with E-state index >= 15 is 0 Å². The Hall–Kier alpha value is -9.50. The summed E-state index contributed by atoms with van der Waals surface area (Å²) in [6.07, 6.45) is 0. The highest BCUT2D eigenvalue weighted by Crippen LogP contribution is 2.47. The summed E-state index contributed by atoms with van der Waals surface area (Å²) < 4.78 is 0. The first-order chi connectivity index (χ1) is 37.2. The molecule has 0 fully saturated rings. The van der Waals surface area contributed by atoms with Gasteiger partial charge in [-0.25, -0.2) is 0 Å². The Labute approximate surface area is 441 Å². The molecule has 15 aromatic carbocycles. The predicted octanol–water partition coefficient (Wildman–Crippen LogP) is 21.4. The van der Waals surface area contributed by atoms with Gasteiger partial charge in [-0.15, -0.1) is 0 Å². The Bertz CT molecular complexity index is 4460. The molecule has 0 heterocycles. The Kier molecular flexibility index (Phi) is 9.86. The van der Waals surface area contributed by atoms with Crippen molar-refractivity contribution >= 4 is 142 Å². The molecule has 0 saturated heterocycles. The van der Waals surface area contributed by atoms with Crippen molar-refractivity contribution in [3.63, 3.8) is 0 Å². The third-order valence-electron chi connectivity index (χ3n) is 16.2. The number of anilines is 6. The minimum atomic E-state index is 1.12. The molecule has 0 amide bonds. The Balaban J connectivity index is 0.940. The maximum absolute atomic E-state index is 2.49. The third-order valence-corrected chi connectivity index (χ3v) is 16.2. The summed E-state index contributed by atoms with van der Waals surface area (Å²) in [4.78, 5) is 4.88. The fourth-order valence-corrected chi connectivity index (χ4v) is 12.5. The van der Waals surface area contributed by atoms with E-state index in [-0.39, 0.29) is 0 Å². The lowest BCUT2D eigenvalue weighted by Crippen LogP contribution is -2.10. The lowest BCUT2D eigenvalue weighted by Gasteiger charge is -2.27. The standard InChI is InChI=1S/C74H52N2/c1-45-13-17-53-37-57(25-21-49(53)33-45)75(58-26-22-50-34-46(2)14-18-54(50)38-58)61-29-31-67-69(41-61)63-9-5-7-11-65(63)71-44-74-68-32-30-62(42-70(68)64-10-6-8-12-66(64)72(74)43-73(67)71)76(59-27-23-51-35-47(3)15-19-55(51)39-59)60-28-24-52-36-48(4)16-20-56(52)40-60/h5-44H,1-4H3. The first-order valence-corrected chi connectivity index (χ1v) is 26.5. The van der Waals surface area contributed by atoms with E-state index in [4.69, 9.17) is 0 Å². The van der Waals surface area contributed by atoms with Crippen LogP contribution in [0.15, 0.2) is 243 Å². The molecule has 0 bridgehead atoms. The molecular formula is C74H52N2. The van der Waals surface area contributed by atoms with Gasteiger partial charge in [0.2, 0.25) is 0 Å². The number of hydrogen-bond acceptors (Lipinski definition) is 2. The maximum Gasteiger partial charge on any atom is 0.0468 e. The van der Waals surface area contributed by atoms with Crippen LogP contribution in [0.5, 0.6) is 0 Å². The molecular weight excluding hydrogens is 917 g/mol. The Morgan fingerprint density at radius 1 is 0.171 bits per heavy atom. The molecule has 0 aliphatic heterocycles. The average molecular weight is 969 g/mol. The number of hydrogen-bond donors (Lipinski definition) is 0. The van der Waals surface area contributed by atoms with Gasteiger partial charge in [0, 0.05) is 34.1 Å². The number of nitrogens with zero attached hydrogens (tertiary/aromatic N) is 2. The highest BCUT2D eigenvalue weighted by molar-refractivity contribution is 6.33. The van der Waals surface area contributed by atoms with Crippen LogP contribution >= 0.6 is 0 Å². The molecule has 0 aliphatic carbocycles. The average Bonchev–Trinajstić information content (AvgIpc) is 3.58. The van der Waals surface area contributed by atoms with Crippen LogP contribution in [0.2, 0.25) is 0 Å². The van der Waals surface area contributed by atoms with E-state index in [9.17, 15) is 0 Å². The minimum absolute atomic E-state index is 1.12. The summed E-state index contributed by atoms with van der Waals surface area (Å²) >= 11 is 0. The van der Waals surface area contributed by atoms with E-state index in [1.54, 1.807) is 0 Å². The summed E-state index contributed by atoms with van der Waals surface area (Å²) in [7, 11) is 0. The van der Waals surface area contributed by atoms with Crippen molar-refractivity contribution in [2.24, 2.45) is 0 Å². The number of fused-ring (bicyclic) bond motifs is 16. The van der Waals surface area contributed by atoms with Gasteiger partial charge < -0.3 is 9.80 Å². The first-order valence-electron chi connectivity index (χ1n) is 26.5. The summed E-state index contributed by atoms with van der Waals surface area (Å²) in [5, 5.41) is 24.9. The lowest BCUT2D eigenvalue weighted by molar-refractivity contribution is 1.30. The first kappa shape index (κ1) is 44.0. The van der Waals surface area contributed by atoms with Crippen LogP contribution in [0, 0.1) is 27.7 Å². The molecule has 15 aromatic rings. The lowest BCUT2D eigenvalue weighted by atomic mass is 9.88. The molecule has 358 valence electrons. The van der Waals surface area contributed by atoms with Gasteiger partial charge in [0.25, 0.3) is 0 Å². The maximum atomic E-state index is 2.49. The van der Waals surface area contributed by atoms with E-state index in [0.717, 1.165) is 34.1 Å². The van der Waals surface area contributed by atoms with Gasteiger partial charge in [0.05, 0.1) is 0 Å². The van der Waals surface area contributed by atoms with Gasteiger partial charge in [0.15, 0.2) is 0 Å². The highest BCUT2D eigenvalue weighted by Gasteiger charge is 2.21. The molecule has 0 aliphatic rings. The molecule has 2 nitrogen and oxygen atoms in total. The zero-order chi connectivity index (χ0) is 50.8. The van der Waals surface area contributed by atoms with Crippen molar-refractivity contribution in [1.29, 1.82) is 0 Å². The smallest absolute Gasteiger partial charge is 0.0468 e. The molecule has 2 heteroatoms. The van der Waals surface area contributed by atoms with Crippen LogP contribution in [0.4, 0.5) is 34.1 Å². The summed E-state index contributed by atoms with van der Waals surface area (Å²) in [5.74, 6) is 0. The van der Waals surface area contributed by atoms with Crippen molar-refractivity contribution in [2.75, 3.05) is 9.80 Å². The second kappa shape index (κ2) is 17.0. The zero-order valence-electron chi connectivity index (χ0n) is 43.0. The molecule has 15 rings (SSSR count). The largest absolute Gasteiger partial charge is 0.310 e. The monoisotopic (exact) mass is 968 g/mol. The second-order valence-corrected chi connectivity index (χ2v) is 21.3. The normalized spacial score (nSPS) is 11.9. The minimum Gasteiger partial charge on any atom is -0.310 e. The fraction of sp³-hybridized carbons (Fsp3) is 0.0541. The number of rotatable bonds is 6. The van der Waals surface area contributed by atoms with Crippen LogP contribution < -0.4 is 9.80 Å². The van der Waals surface area contributed by atoms with Gasteiger partial charge in [-0.3, -0.25) is 0 Å². The van der Waals surface area contributed by atoms with Crippen molar-refractivity contribution in [3.05, 3.63) is 265 Å². The molecule has 0 spiro atoms.